The molecule has 0 atom stereocenters. The van der Waals surface area contributed by atoms with Crippen LogP contribution in [0.25, 0.3) is 5.69 Å². The fourth-order valence-electron chi connectivity index (χ4n) is 1.38. The summed E-state index contributed by atoms with van der Waals surface area (Å²) in [7, 11) is 0. The molecule has 0 saturated heterocycles. The Hall–Kier alpha value is -0.770. The fraction of sp³-hybridized carbons (Fsp3) is 0.100. The number of benzene rings is 1. The van der Waals surface area contributed by atoms with Gasteiger partial charge in [-0.25, -0.2) is 0 Å². The minimum absolute atomic E-state index is 0.596. The number of nitrogens with zero attached hydrogens (tertiary/aromatic N) is 1. The van der Waals surface area contributed by atoms with Crippen molar-refractivity contribution in [2.24, 2.45) is 0 Å². The summed E-state index contributed by atoms with van der Waals surface area (Å²) >= 11 is 17.0. The molecule has 0 spiro atoms. The first-order valence-electron chi connectivity index (χ1n) is 4.31. The van der Waals surface area contributed by atoms with Crippen LogP contribution in [-0.2, 0) is 0 Å². The van der Waals surface area contributed by atoms with Crippen LogP contribution in [0.3, 0.4) is 0 Å². The van der Waals surface area contributed by atoms with E-state index in [2.05, 4.69) is 4.98 Å². The van der Waals surface area contributed by atoms with Crippen molar-refractivity contribution in [1.29, 1.82) is 0 Å². The van der Waals surface area contributed by atoms with Gasteiger partial charge in [0.25, 0.3) is 0 Å². The summed E-state index contributed by atoms with van der Waals surface area (Å²) in [4.78, 5) is 3.04. The Morgan fingerprint density at radius 2 is 1.80 bits per heavy atom. The summed E-state index contributed by atoms with van der Waals surface area (Å²) in [6.07, 6.45) is 1.91. The normalized spacial score (nSPS) is 10.6. The summed E-state index contributed by atoms with van der Waals surface area (Å²) < 4.78 is 2.47. The Morgan fingerprint density at radius 3 is 2.27 bits per heavy atom. The third kappa shape index (κ3) is 2.25. The van der Waals surface area contributed by atoms with Gasteiger partial charge in [0.1, 0.15) is 0 Å². The molecular formula is C10H8Cl2N2S. The minimum atomic E-state index is 0.596. The van der Waals surface area contributed by atoms with E-state index in [-0.39, 0.29) is 0 Å². The van der Waals surface area contributed by atoms with Gasteiger partial charge in [0, 0.05) is 21.9 Å². The van der Waals surface area contributed by atoms with Crippen LogP contribution < -0.4 is 0 Å². The van der Waals surface area contributed by atoms with Crippen molar-refractivity contribution in [2.45, 2.75) is 6.92 Å². The van der Waals surface area contributed by atoms with Crippen molar-refractivity contribution < 1.29 is 0 Å². The van der Waals surface area contributed by atoms with E-state index in [0.717, 1.165) is 11.4 Å². The average molecular weight is 259 g/mol. The highest BCUT2D eigenvalue weighted by Gasteiger charge is 2.02. The first kappa shape index (κ1) is 10.7. The van der Waals surface area contributed by atoms with Crippen LogP contribution in [0.1, 0.15) is 5.69 Å². The highest BCUT2D eigenvalue weighted by molar-refractivity contribution is 7.71. The third-order valence-corrected chi connectivity index (χ3v) is 2.71. The summed E-state index contributed by atoms with van der Waals surface area (Å²) in [6.45, 7) is 1.94. The quantitative estimate of drug-likeness (QED) is 0.763. The van der Waals surface area contributed by atoms with E-state index in [0.29, 0.717) is 14.8 Å². The van der Waals surface area contributed by atoms with Crippen molar-refractivity contribution >= 4 is 35.4 Å². The monoisotopic (exact) mass is 258 g/mol. The van der Waals surface area contributed by atoms with E-state index >= 15 is 0 Å². The Balaban J connectivity index is 2.63. The maximum Gasteiger partial charge on any atom is 0.181 e. The van der Waals surface area contributed by atoms with Crippen LogP contribution >= 0.6 is 35.4 Å². The average Bonchev–Trinajstić information content (AvgIpc) is 2.43. The molecule has 5 heteroatoms. The molecule has 2 rings (SSSR count). The molecule has 0 bridgehead atoms. The molecule has 0 fully saturated rings. The fourth-order valence-corrected chi connectivity index (χ4v) is 2.22. The van der Waals surface area contributed by atoms with E-state index in [1.807, 2.05) is 29.8 Å². The van der Waals surface area contributed by atoms with Gasteiger partial charge in [-0.2, -0.15) is 0 Å². The Labute approximate surface area is 102 Å². The molecule has 2 nitrogen and oxygen atoms in total. The highest BCUT2D eigenvalue weighted by Crippen LogP contribution is 2.22. The lowest BCUT2D eigenvalue weighted by Crippen LogP contribution is -1.91. The summed E-state index contributed by atoms with van der Waals surface area (Å²) in [5.74, 6) is 0. The van der Waals surface area contributed by atoms with Crippen molar-refractivity contribution in [3.63, 3.8) is 0 Å². The van der Waals surface area contributed by atoms with Crippen LogP contribution in [-0.4, -0.2) is 9.55 Å². The molecule has 1 heterocycles. The molecule has 0 amide bonds. The second-order valence-electron chi connectivity index (χ2n) is 3.24. The van der Waals surface area contributed by atoms with Crippen LogP contribution in [0.5, 0.6) is 0 Å². The number of aromatic amines is 1. The number of hydrogen-bond donors (Lipinski definition) is 1. The van der Waals surface area contributed by atoms with Crippen molar-refractivity contribution in [3.8, 4) is 5.69 Å². The van der Waals surface area contributed by atoms with E-state index < -0.39 is 0 Å². The first-order valence-corrected chi connectivity index (χ1v) is 5.47. The molecule has 78 valence electrons. The van der Waals surface area contributed by atoms with Crippen LogP contribution in [0.4, 0.5) is 0 Å². The molecule has 0 unspecified atom stereocenters. The van der Waals surface area contributed by atoms with Gasteiger partial charge in [-0.3, -0.25) is 4.57 Å². The number of H-pyrrole nitrogens is 1. The standard InChI is InChI=1S/C10H8Cl2N2S/c1-6-5-14(10(15)13-6)9-3-7(11)2-8(12)4-9/h2-5H,1H3,(H,13,15). The minimum Gasteiger partial charge on any atom is -0.335 e. The molecule has 0 aliphatic heterocycles. The largest absolute Gasteiger partial charge is 0.335 e. The number of aromatic nitrogens is 2. The lowest BCUT2D eigenvalue weighted by molar-refractivity contribution is 1.03. The number of aryl methyl sites for hydroxylation is 1. The molecule has 15 heavy (non-hydrogen) atoms. The smallest absolute Gasteiger partial charge is 0.181 e. The maximum atomic E-state index is 5.92. The Bertz CT molecular complexity index is 537. The lowest BCUT2D eigenvalue weighted by atomic mass is 10.3. The van der Waals surface area contributed by atoms with Crippen molar-refractivity contribution in [2.75, 3.05) is 0 Å². The number of hydrogen-bond acceptors (Lipinski definition) is 1. The van der Waals surface area contributed by atoms with E-state index in [1.165, 1.54) is 0 Å². The van der Waals surface area contributed by atoms with Gasteiger partial charge in [-0.05, 0) is 37.3 Å². The van der Waals surface area contributed by atoms with Crippen LogP contribution in [0.15, 0.2) is 24.4 Å². The van der Waals surface area contributed by atoms with Gasteiger partial charge in [-0.1, -0.05) is 23.2 Å². The molecule has 1 aromatic heterocycles. The van der Waals surface area contributed by atoms with Crippen molar-refractivity contribution in [1.82, 2.24) is 9.55 Å². The molecule has 1 aromatic carbocycles. The number of imidazole rings is 1. The van der Waals surface area contributed by atoms with Gasteiger partial charge < -0.3 is 4.98 Å². The molecular weight excluding hydrogens is 251 g/mol. The lowest BCUT2D eigenvalue weighted by Gasteiger charge is -2.03. The Morgan fingerprint density at radius 1 is 1.20 bits per heavy atom. The van der Waals surface area contributed by atoms with E-state index in [4.69, 9.17) is 35.4 Å². The zero-order valence-corrected chi connectivity index (χ0v) is 10.2. The van der Waals surface area contributed by atoms with Gasteiger partial charge >= 0.3 is 0 Å². The SMILES string of the molecule is Cc1cn(-c2cc(Cl)cc(Cl)c2)c(=S)[nH]1. The molecule has 0 radical (unpaired) electrons. The molecule has 2 aromatic rings. The number of nitrogens with one attached hydrogen (secondary N) is 1. The van der Waals surface area contributed by atoms with Gasteiger partial charge in [0.2, 0.25) is 0 Å². The topological polar surface area (TPSA) is 20.7 Å². The second-order valence-corrected chi connectivity index (χ2v) is 4.50. The summed E-state index contributed by atoms with van der Waals surface area (Å²) in [5, 5.41) is 1.19. The molecule has 0 saturated carbocycles. The molecule has 0 aliphatic carbocycles. The van der Waals surface area contributed by atoms with Gasteiger partial charge in [0.15, 0.2) is 4.77 Å². The highest BCUT2D eigenvalue weighted by atomic mass is 35.5. The zero-order valence-electron chi connectivity index (χ0n) is 7.92. The van der Waals surface area contributed by atoms with Crippen molar-refractivity contribution in [3.05, 3.63) is 44.9 Å². The summed E-state index contributed by atoms with van der Waals surface area (Å²) in [6, 6.07) is 5.32. The first-order chi connectivity index (χ1) is 7.06. The molecule has 1 N–H and O–H groups in total. The number of rotatable bonds is 1. The number of halogens is 2. The summed E-state index contributed by atoms with van der Waals surface area (Å²) in [5.41, 5.74) is 1.86. The van der Waals surface area contributed by atoms with Gasteiger partial charge in [-0.15, -0.1) is 0 Å². The van der Waals surface area contributed by atoms with Crippen LogP contribution in [0, 0.1) is 11.7 Å². The Kier molecular flexibility index (Phi) is 2.87. The zero-order chi connectivity index (χ0) is 11.0. The second kappa shape index (κ2) is 4.00. The molecule has 0 aliphatic rings. The predicted octanol–water partition coefficient (Wildman–Crippen LogP) is 4.15. The third-order valence-electron chi connectivity index (χ3n) is 1.97. The van der Waals surface area contributed by atoms with Crippen LogP contribution in [0.2, 0.25) is 10.0 Å². The van der Waals surface area contributed by atoms with E-state index in [9.17, 15) is 0 Å². The van der Waals surface area contributed by atoms with E-state index in [1.54, 1.807) is 6.07 Å². The maximum absolute atomic E-state index is 5.92. The predicted molar refractivity (Wildman–Crippen MR) is 65.7 cm³/mol. The van der Waals surface area contributed by atoms with Gasteiger partial charge in [0.05, 0.1) is 5.69 Å².